The third-order valence-electron chi connectivity index (χ3n) is 7.57. The van der Waals surface area contributed by atoms with Gasteiger partial charge in [0.05, 0.1) is 45.1 Å². The molecule has 24 heteroatoms. The van der Waals surface area contributed by atoms with E-state index in [1.54, 1.807) is 24.8 Å². The Morgan fingerprint density at radius 1 is 0.375 bits per heavy atom. The molecule has 0 aliphatic heterocycles. The van der Waals surface area contributed by atoms with Gasteiger partial charge in [-0.3, -0.25) is 19.9 Å². The van der Waals surface area contributed by atoms with Crippen LogP contribution in [0, 0.1) is 0 Å². The number of carbonyl (C=O) groups excluding carboxylic acids is 2. The van der Waals surface area contributed by atoms with Gasteiger partial charge in [0.1, 0.15) is 0 Å². The number of aromatic nitrogens is 4. The summed E-state index contributed by atoms with van der Waals surface area (Å²) in [4.78, 5) is 59.0. The molecule has 0 spiro atoms. The van der Waals surface area contributed by atoms with Crippen molar-refractivity contribution in [1.82, 2.24) is 19.9 Å². The van der Waals surface area contributed by atoms with Crippen LogP contribution in [-0.4, -0.2) is 97.8 Å². The Kier molecular flexibility index (Phi) is 33.7. The number of carbonyl (C=O) groups is 4. The van der Waals surface area contributed by atoms with Crippen LogP contribution in [0.3, 0.4) is 0 Å². The molecule has 0 aliphatic rings. The van der Waals surface area contributed by atoms with Crippen molar-refractivity contribution in [2.75, 3.05) is 0 Å². The van der Waals surface area contributed by atoms with Gasteiger partial charge in [0.15, 0.2) is 0 Å². The van der Waals surface area contributed by atoms with Crippen molar-refractivity contribution in [3.63, 3.8) is 0 Å². The summed E-state index contributed by atoms with van der Waals surface area (Å²) < 4.78 is 0. The van der Waals surface area contributed by atoms with Gasteiger partial charge < -0.3 is 84.0 Å². The average molecular weight is 992 g/mol. The van der Waals surface area contributed by atoms with Crippen molar-refractivity contribution in [2.24, 2.45) is 0 Å². The third-order valence-corrected chi connectivity index (χ3v) is 7.57. The van der Waals surface area contributed by atoms with Crippen molar-refractivity contribution in [1.29, 1.82) is 0 Å². The largest absolute Gasteiger partial charge is 2.00 e. The van der Waals surface area contributed by atoms with Crippen molar-refractivity contribution in [3.8, 4) is 11.5 Å². The van der Waals surface area contributed by atoms with Crippen molar-refractivity contribution >= 4 is 67.5 Å². The molecule has 350 valence electrons. The number of pyridine rings is 4. The van der Waals surface area contributed by atoms with Gasteiger partial charge in [0.2, 0.25) is 0 Å². The second-order valence-electron chi connectivity index (χ2n) is 11.0. The van der Waals surface area contributed by atoms with E-state index < -0.39 is 57.6 Å². The zero-order valence-electron chi connectivity index (χ0n) is 32.3. The molecule has 0 atom stereocenters. The molecule has 4 aromatic heterocycles. The van der Waals surface area contributed by atoms with Gasteiger partial charge >= 0.3 is 46.1 Å². The number of rotatable bonds is 4. The van der Waals surface area contributed by atoms with Crippen molar-refractivity contribution < 1.29 is 128 Å². The molecule has 0 saturated carbocycles. The maximum absolute atomic E-state index is 10.7. The van der Waals surface area contributed by atoms with Gasteiger partial charge in [-0.1, -0.05) is 84.9 Å². The van der Waals surface area contributed by atoms with Crippen LogP contribution >= 0.6 is 0 Å². The van der Waals surface area contributed by atoms with Crippen LogP contribution in [0.5, 0.6) is 11.5 Å². The third kappa shape index (κ3) is 16.9. The maximum atomic E-state index is 10.7. The normalized spacial score (nSPS) is 8.62. The summed E-state index contributed by atoms with van der Waals surface area (Å²) in [5, 5.41) is 63.7. The summed E-state index contributed by atoms with van der Waals surface area (Å²) in [7, 11) is 0. The fraction of sp³-hybridized carbons (Fsp3) is 0. The molecule has 0 unspecified atom stereocenters. The zero-order valence-corrected chi connectivity index (χ0v) is 34.1. The molecule has 0 saturated heterocycles. The quantitative estimate of drug-likeness (QED) is 0.128. The summed E-state index contributed by atoms with van der Waals surface area (Å²) in [6.07, 6.45) is 7.21. The van der Waals surface area contributed by atoms with Crippen molar-refractivity contribution in [3.05, 3.63) is 156 Å². The summed E-state index contributed by atoms with van der Waals surface area (Å²) >= 11 is 0. The summed E-state index contributed by atoms with van der Waals surface area (Å²) in [5.41, 5.74) is 1.83. The predicted octanol–water partition coefficient (Wildman–Crippen LogP) is -3.39. The molecule has 0 amide bonds. The van der Waals surface area contributed by atoms with E-state index in [1.165, 1.54) is 0 Å². The SMILES string of the molecule is O.O.O.O.O.O.O.O.O=C([O-])c1ccc([O-])cc1C(=O)O.O=C([O-])c1ccc([O-])cc1C(=O)O.[Cu+2].[Cu+2].c1cnc2c(c1)ccc1cccnc12.c1cnc2c(c1)ccc1cccnc12. The molecular formula is C40H40Cu2N4O18. The maximum Gasteiger partial charge on any atom is 2.00 e. The van der Waals surface area contributed by atoms with E-state index in [-0.39, 0.29) is 77.9 Å². The number of carboxylic acid groups (broad SMARTS) is 4. The van der Waals surface area contributed by atoms with Gasteiger partial charge in [-0.25, -0.2) is 9.59 Å². The molecule has 8 rings (SSSR count). The molecule has 18 N–H and O–H groups in total. The first kappa shape index (κ1) is 68.5. The van der Waals surface area contributed by atoms with E-state index in [1.807, 2.05) is 24.3 Å². The zero-order chi connectivity index (χ0) is 38.8. The van der Waals surface area contributed by atoms with Gasteiger partial charge in [0.25, 0.3) is 0 Å². The monoisotopic (exact) mass is 990 g/mol. The number of nitrogens with zero attached hydrogens (tertiary/aromatic N) is 4. The van der Waals surface area contributed by atoms with Crippen LogP contribution in [0.4, 0.5) is 0 Å². The molecular weight excluding hydrogens is 952 g/mol. The minimum absolute atomic E-state index is 0. The Morgan fingerprint density at radius 3 is 0.812 bits per heavy atom. The van der Waals surface area contributed by atoms with Crippen LogP contribution < -0.4 is 20.4 Å². The van der Waals surface area contributed by atoms with E-state index in [9.17, 15) is 39.6 Å². The Bertz CT molecular complexity index is 2420. The van der Waals surface area contributed by atoms with Crippen LogP contribution in [0.1, 0.15) is 41.4 Å². The molecule has 8 aromatic rings. The number of carboxylic acids is 4. The standard InChI is InChI=1S/2C12H8N2.2C8H6O5.2Cu.8H2O/c2*1-3-9-5-6-10-4-2-8-14-12(10)11(9)13-7-1;2*9-4-1-2-5(7(10)11)6(3-4)8(12)13;;;;;;;;;;/h2*1-8H;2*1-3,9H,(H,10,11)(H,12,13);;;8*1H2/q;;;;2*+2;;;;;;;;/p-4. The van der Waals surface area contributed by atoms with Gasteiger partial charge in [-0.15, -0.1) is 11.5 Å². The fourth-order valence-corrected chi connectivity index (χ4v) is 5.12. The molecule has 0 bridgehead atoms. The first-order valence-corrected chi connectivity index (χ1v) is 15.6. The number of fused-ring (bicyclic) bond motifs is 6. The van der Waals surface area contributed by atoms with Crippen LogP contribution in [0.2, 0.25) is 0 Å². The first-order chi connectivity index (χ1) is 25.9. The minimum Gasteiger partial charge on any atom is -0.872 e. The molecule has 64 heavy (non-hydrogen) atoms. The molecule has 2 radical (unpaired) electrons. The summed E-state index contributed by atoms with van der Waals surface area (Å²) in [5.74, 6) is -7.26. The Morgan fingerprint density at radius 2 is 0.609 bits per heavy atom. The van der Waals surface area contributed by atoms with E-state index in [0.717, 1.165) is 80.0 Å². The van der Waals surface area contributed by atoms with Crippen LogP contribution in [0.15, 0.2) is 134 Å². The molecule has 4 heterocycles. The fourth-order valence-electron chi connectivity index (χ4n) is 5.12. The van der Waals surface area contributed by atoms with Crippen LogP contribution in [0.25, 0.3) is 43.6 Å². The molecule has 22 nitrogen and oxygen atoms in total. The predicted molar refractivity (Wildman–Crippen MR) is 217 cm³/mol. The summed E-state index contributed by atoms with van der Waals surface area (Å²) in [6, 6.07) is 29.5. The molecule has 0 aliphatic carbocycles. The Labute approximate surface area is 381 Å². The van der Waals surface area contributed by atoms with E-state index in [2.05, 4.69) is 68.5 Å². The van der Waals surface area contributed by atoms with E-state index in [0.29, 0.717) is 0 Å². The minimum atomic E-state index is -1.61. The van der Waals surface area contributed by atoms with E-state index in [4.69, 9.17) is 10.2 Å². The number of benzene rings is 4. The second-order valence-corrected chi connectivity index (χ2v) is 11.0. The number of aromatic carboxylic acids is 4. The molecule has 4 aromatic carbocycles. The smallest absolute Gasteiger partial charge is 0.872 e. The van der Waals surface area contributed by atoms with Gasteiger partial charge in [-0.2, -0.15) is 0 Å². The first-order valence-electron chi connectivity index (χ1n) is 15.6. The van der Waals surface area contributed by atoms with Gasteiger partial charge in [-0.05, 0) is 24.3 Å². The Hall–Kier alpha value is -7.28. The topological polar surface area (TPSA) is 505 Å². The van der Waals surface area contributed by atoms with Crippen LogP contribution in [-0.2, 0) is 34.1 Å². The van der Waals surface area contributed by atoms with Gasteiger partial charge in [0, 0.05) is 57.5 Å². The average Bonchev–Trinajstić information content (AvgIpc) is 3.18. The second kappa shape index (κ2) is 31.5. The number of hydrogen-bond donors (Lipinski definition) is 2. The van der Waals surface area contributed by atoms with E-state index >= 15 is 0 Å². The van der Waals surface area contributed by atoms with Crippen molar-refractivity contribution in [2.45, 2.75) is 0 Å². The molecule has 0 fully saturated rings. The Balaban J connectivity index is -0.000000167. The number of hydrogen-bond acceptors (Lipinski definition) is 12. The summed E-state index contributed by atoms with van der Waals surface area (Å²) in [6.45, 7) is 0.